The molecule has 2 atom stereocenters. The van der Waals surface area contributed by atoms with E-state index in [0.29, 0.717) is 25.3 Å². The van der Waals surface area contributed by atoms with Gasteiger partial charge in [-0.25, -0.2) is 0 Å². The lowest BCUT2D eigenvalue weighted by Gasteiger charge is -2.28. The minimum atomic E-state index is -4.45. The highest BCUT2D eigenvalue weighted by atomic mass is 19.4. The lowest BCUT2D eigenvalue weighted by molar-refractivity contribution is -0.149. The number of benzene rings is 1. The van der Waals surface area contributed by atoms with Gasteiger partial charge in [-0.2, -0.15) is 13.2 Å². The largest absolute Gasteiger partial charge is 0.407 e. The molecule has 1 unspecified atom stereocenters. The van der Waals surface area contributed by atoms with Gasteiger partial charge in [-0.1, -0.05) is 24.3 Å². The van der Waals surface area contributed by atoms with E-state index in [1.54, 1.807) is 18.2 Å². The van der Waals surface area contributed by atoms with Crippen molar-refractivity contribution in [3.8, 4) is 0 Å². The second-order valence-corrected chi connectivity index (χ2v) is 4.21. The molecule has 3 N–H and O–H groups in total. The Morgan fingerprint density at radius 3 is 2.67 bits per heavy atom. The van der Waals surface area contributed by atoms with E-state index in [-0.39, 0.29) is 11.7 Å². The fourth-order valence-corrected chi connectivity index (χ4v) is 2.03. The molecule has 0 spiro atoms. The smallest absolute Gasteiger partial charge is 0.371 e. The van der Waals surface area contributed by atoms with Gasteiger partial charge in [-0.3, -0.25) is 0 Å². The Labute approximate surface area is 103 Å². The standard InChI is InChI=1S/C12H15F3N2O/c13-12(14,15)11(16)9-4-2-1-3-8(9)10-7-17-5-6-18-10/h1-4,10-11,17H,5-7,16H2/t10?,11-/m1/s1. The molecule has 2 rings (SSSR count). The molecule has 1 aliphatic rings. The molecule has 1 heterocycles. The lowest BCUT2D eigenvalue weighted by atomic mass is 9.96. The highest BCUT2D eigenvalue weighted by molar-refractivity contribution is 5.33. The number of rotatable bonds is 2. The molecule has 1 aromatic carbocycles. The molecule has 0 radical (unpaired) electrons. The minimum Gasteiger partial charge on any atom is -0.371 e. The highest BCUT2D eigenvalue weighted by Crippen LogP contribution is 2.35. The SMILES string of the molecule is N[C@H](c1ccccc1C1CNCCO1)C(F)(F)F. The van der Waals surface area contributed by atoms with Crippen LogP contribution in [0.2, 0.25) is 0 Å². The minimum absolute atomic E-state index is 0.0821. The van der Waals surface area contributed by atoms with Crippen molar-refractivity contribution in [1.82, 2.24) is 5.32 Å². The first-order chi connectivity index (χ1) is 8.50. The zero-order valence-corrected chi connectivity index (χ0v) is 9.70. The molecule has 100 valence electrons. The van der Waals surface area contributed by atoms with Crippen LogP contribution in [0, 0.1) is 0 Å². The van der Waals surface area contributed by atoms with E-state index in [1.165, 1.54) is 6.07 Å². The van der Waals surface area contributed by atoms with E-state index in [2.05, 4.69) is 5.32 Å². The summed E-state index contributed by atoms with van der Waals surface area (Å²) in [5, 5.41) is 3.09. The van der Waals surface area contributed by atoms with Gasteiger partial charge in [0, 0.05) is 13.1 Å². The van der Waals surface area contributed by atoms with Crippen LogP contribution in [-0.4, -0.2) is 25.9 Å². The Hall–Kier alpha value is -1.11. The van der Waals surface area contributed by atoms with Gasteiger partial charge in [0.15, 0.2) is 0 Å². The maximum atomic E-state index is 12.7. The summed E-state index contributed by atoms with van der Waals surface area (Å²) in [6.07, 6.45) is -4.82. The second kappa shape index (κ2) is 5.26. The summed E-state index contributed by atoms with van der Waals surface area (Å²) in [4.78, 5) is 0. The molecule has 0 bridgehead atoms. The molecular formula is C12H15F3N2O. The van der Waals surface area contributed by atoms with Crippen molar-refractivity contribution in [3.05, 3.63) is 35.4 Å². The van der Waals surface area contributed by atoms with Gasteiger partial charge in [0.1, 0.15) is 6.04 Å². The van der Waals surface area contributed by atoms with Crippen molar-refractivity contribution in [2.45, 2.75) is 18.3 Å². The molecule has 1 fully saturated rings. The van der Waals surface area contributed by atoms with Crippen molar-refractivity contribution < 1.29 is 17.9 Å². The number of nitrogens with two attached hydrogens (primary N) is 1. The summed E-state index contributed by atoms with van der Waals surface area (Å²) >= 11 is 0. The van der Waals surface area contributed by atoms with Gasteiger partial charge in [0.05, 0.1) is 12.7 Å². The van der Waals surface area contributed by atoms with Crippen LogP contribution < -0.4 is 11.1 Å². The average molecular weight is 260 g/mol. The number of ether oxygens (including phenoxy) is 1. The second-order valence-electron chi connectivity index (χ2n) is 4.21. The first-order valence-electron chi connectivity index (χ1n) is 5.73. The maximum absolute atomic E-state index is 12.7. The number of hydrogen-bond donors (Lipinski definition) is 2. The topological polar surface area (TPSA) is 47.3 Å². The number of alkyl halides is 3. The molecule has 3 nitrogen and oxygen atoms in total. The van der Waals surface area contributed by atoms with E-state index in [9.17, 15) is 13.2 Å². The maximum Gasteiger partial charge on any atom is 0.407 e. The molecule has 1 aromatic rings. The van der Waals surface area contributed by atoms with E-state index in [4.69, 9.17) is 10.5 Å². The van der Waals surface area contributed by atoms with Gasteiger partial charge in [-0.05, 0) is 11.1 Å². The van der Waals surface area contributed by atoms with Crippen LogP contribution in [0.25, 0.3) is 0 Å². The van der Waals surface area contributed by atoms with E-state index in [0.717, 1.165) is 0 Å². The van der Waals surface area contributed by atoms with Crippen molar-refractivity contribution in [2.75, 3.05) is 19.7 Å². The Morgan fingerprint density at radius 2 is 2.06 bits per heavy atom. The van der Waals surface area contributed by atoms with Crippen LogP contribution in [0.1, 0.15) is 23.3 Å². The quantitative estimate of drug-likeness (QED) is 0.854. The van der Waals surface area contributed by atoms with Gasteiger partial charge in [-0.15, -0.1) is 0 Å². The van der Waals surface area contributed by atoms with Crippen LogP contribution >= 0.6 is 0 Å². The number of hydrogen-bond acceptors (Lipinski definition) is 3. The predicted molar refractivity (Wildman–Crippen MR) is 61.0 cm³/mol. The van der Waals surface area contributed by atoms with Crippen molar-refractivity contribution in [3.63, 3.8) is 0 Å². The number of halogens is 3. The molecule has 0 saturated carbocycles. The van der Waals surface area contributed by atoms with Gasteiger partial charge < -0.3 is 15.8 Å². The summed E-state index contributed by atoms with van der Waals surface area (Å²) in [7, 11) is 0. The first-order valence-corrected chi connectivity index (χ1v) is 5.73. The fraction of sp³-hybridized carbons (Fsp3) is 0.500. The van der Waals surface area contributed by atoms with Crippen LogP contribution in [0.4, 0.5) is 13.2 Å². The van der Waals surface area contributed by atoms with Crippen LogP contribution in [-0.2, 0) is 4.74 Å². The van der Waals surface area contributed by atoms with E-state index >= 15 is 0 Å². The molecule has 1 aliphatic heterocycles. The molecule has 18 heavy (non-hydrogen) atoms. The lowest BCUT2D eigenvalue weighted by Crippen LogP contribution is -2.35. The van der Waals surface area contributed by atoms with Gasteiger partial charge in [0.2, 0.25) is 0 Å². The van der Waals surface area contributed by atoms with Crippen LogP contribution in [0.3, 0.4) is 0 Å². The van der Waals surface area contributed by atoms with E-state index < -0.39 is 12.2 Å². The molecule has 0 aliphatic carbocycles. The average Bonchev–Trinajstić information content (AvgIpc) is 2.38. The third-order valence-corrected chi connectivity index (χ3v) is 2.96. The summed E-state index contributed by atoms with van der Waals surface area (Å²) in [6, 6.07) is 4.32. The number of nitrogens with one attached hydrogen (secondary N) is 1. The van der Waals surface area contributed by atoms with Crippen molar-refractivity contribution >= 4 is 0 Å². The molecule has 1 saturated heterocycles. The third-order valence-electron chi connectivity index (χ3n) is 2.96. The fourth-order valence-electron chi connectivity index (χ4n) is 2.03. The zero-order chi connectivity index (χ0) is 13.2. The number of morpholine rings is 1. The highest BCUT2D eigenvalue weighted by Gasteiger charge is 2.39. The molecular weight excluding hydrogens is 245 g/mol. The molecule has 0 amide bonds. The monoisotopic (exact) mass is 260 g/mol. The predicted octanol–water partition coefficient (Wildman–Crippen LogP) is 1.91. The van der Waals surface area contributed by atoms with E-state index in [1.807, 2.05) is 0 Å². The third kappa shape index (κ3) is 2.82. The molecule has 0 aromatic heterocycles. The molecule has 6 heteroatoms. The van der Waals surface area contributed by atoms with Gasteiger partial charge in [0.25, 0.3) is 0 Å². The summed E-state index contributed by atoms with van der Waals surface area (Å²) in [5.74, 6) is 0. The Kier molecular flexibility index (Phi) is 3.89. The first kappa shape index (κ1) is 13.3. The van der Waals surface area contributed by atoms with Gasteiger partial charge >= 0.3 is 6.18 Å². The van der Waals surface area contributed by atoms with Crippen molar-refractivity contribution in [2.24, 2.45) is 5.73 Å². The summed E-state index contributed by atoms with van der Waals surface area (Å²) in [6.45, 7) is 1.70. The van der Waals surface area contributed by atoms with Crippen LogP contribution in [0.5, 0.6) is 0 Å². The summed E-state index contributed by atoms with van der Waals surface area (Å²) in [5.41, 5.74) is 5.87. The van der Waals surface area contributed by atoms with Crippen LogP contribution in [0.15, 0.2) is 24.3 Å². The Balaban J connectivity index is 2.30. The van der Waals surface area contributed by atoms with Crippen molar-refractivity contribution in [1.29, 1.82) is 0 Å². The normalized spacial score (nSPS) is 22.8. The summed E-state index contributed by atoms with van der Waals surface area (Å²) < 4.78 is 43.6. The zero-order valence-electron chi connectivity index (χ0n) is 9.70. The Bertz CT molecular complexity index is 403. The Morgan fingerprint density at radius 1 is 1.33 bits per heavy atom.